The molecule has 11 heteroatoms. The number of carbonyl (C=O) groups excluding carboxylic acids is 1. The normalized spacial score (nSPS) is 18.9. The SMILES string of the molecule is C=C1C(=O)[C@@H](N)CS(=O)(=O)c2cc(F)c(-n3cc(Cc4ccc(Cl)cc4)nn3)cc2C1Cc1ccc(Cl)cc1. The summed E-state index contributed by atoms with van der Waals surface area (Å²) in [5, 5.41) is 9.37. The van der Waals surface area contributed by atoms with Gasteiger partial charge >= 0.3 is 0 Å². The lowest BCUT2D eigenvalue weighted by molar-refractivity contribution is -0.116. The zero-order valence-corrected chi connectivity index (χ0v) is 22.8. The third-order valence-corrected chi connectivity index (χ3v) is 9.03. The first-order valence-corrected chi connectivity index (χ1v) is 14.4. The van der Waals surface area contributed by atoms with Crippen molar-refractivity contribution in [3.05, 3.63) is 117 Å². The Labute approximate surface area is 235 Å². The molecule has 0 saturated heterocycles. The molecular formula is C28H23Cl2FN4O3S. The van der Waals surface area contributed by atoms with Gasteiger partial charge in [-0.2, -0.15) is 0 Å². The summed E-state index contributed by atoms with van der Waals surface area (Å²) in [6.45, 7) is 3.98. The van der Waals surface area contributed by atoms with Crippen LogP contribution in [0.4, 0.5) is 4.39 Å². The van der Waals surface area contributed by atoms with Gasteiger partial charge in [-0.3, -0.25) is 4.79 Å². The number of benzene rings is 3. The summed E-state index contributed by atoms with van der Waals surface area (Å²) in [5.74, 6) is -2.80. The molecule has 0 bridgehead atoms. The lowest BCUT2D eigenvalue weighted by Gasteiger charge is -2.28. The molecule has 0 spiro atoms. The average molecular weight is 585 g/mol. The molecule has 1 aliphatic rings. The third-order valence-electron chi connectivity index (χ3n) is 6.70. The van der Waals surface area contributed by atoms with Gasteiger partial charge in [0.25, 0.3) is 0 Å². The van der Waals surface area contributed by atoms with Gasteiger partial charge in [0.2, 0.25) is 0 Å². The molecule has 0 fully saturated rings. The molecule has 2 N–H and O–H groups in total. The van der Waals surface area contributed by atoms with Gasteiger partial charge in [-0.15, -0.1) is 5.10 Å². The molecule has 0 aliphatic carbocycles. The summed E-state index contributed by atoms with van der Waals surface area (Å²) in [4.78, 5) is 12.8. The lowest BCUT2D eigenvalue weighted by Crippen LogP contribution is -2.41. The van der Waals surface area contributed by atoms with Crippen LogP contribution in [0, 0.1) is 5.82 Å². The van der Waals surface area contributed by atoms with Crippen molar-refractivity contribution in [3.8, 4) is 5.69 Å². The number of carbonyl (C=O) groups is 1. The van der Waals surface area contributed by atoms with Crippen LogP contribution < -0.4 is 5.73 Å². The quantitative estimate of drug-likeness (QED) is 0.335. The van der Waals surface area contributed by atoms with Crippen molar-refractivity contribution < 1.29 is 17.6 Å². The Morgan fingerprint density at radius 1 is 1.03 bits per heavy atom. The predicted octanol–water partition coefficient (Wildman–Crippen LogP) is 4.87. The number of aromatic nitrogens is 3. The molecule has 1 unspecified atom stereocenters. The van der Waals surface area contributed by atoms with Crippen LogP contribution in [0.15, 0.2) is 83.9 Å². The summed E-state index contributed by atoms with van der Waals surface area (Å²) in [5.41, 5.74) is 8.61. The van der Waals surface area contributed by atoms with E-state index in [4.69, 9.17) is 28.9 Å². The Morgan fingerprint density at radius 3 is 2.28 bits per heavy atom. The highest BCUT2D eigenvalue weighted by molar-refractivity contribution is 7.91. The smallest absolute Gasteiger partial charge is 0.180 e. The van der Waals surface area contributed by atoms with Gasteiger partial charge in [0, 0.05) is 22.4 Å². The number of sulfone groups is 1. The fourth-order valence-corrected chi connectivity index (χ4v) is 6.57. The Bertz CT molecular complexity index is 1690. The van der Waals surface area contributed by atoms with Gasteiger partial charge in [0.05, 0.1) is 28.6 Å². The summed E-state index contributed by atoms with van der Waals surface area (Å²) < 4.78 is 43.3. The van der Waals surface area contributed by atoms with Crippen LogP contribution in [0.5, 0.6) is 0 Å². The third kappa shape index (κ3) is 5.67. The van der Waals surface area contributed by atoms with E-state index in [0.717, 1.165) is 17.2 Å². The molecular weight excluding hydrogens is 562 g/mol. The minimum absolute atomic E-state index is 0.00923. The number of Topliss-reactive ketones (excluding diaryl/α,β-unsaturated/α-hetero) is 1. The Kier molecular flexibility index (Phi) is 7.43. The molecule has 200 valence electrons. The molecule has 5 rings (SSSR count). The number of rotatable bonds is 5. The number of hydrogen-bond acceptors (Lipinski definition) is 6. The fraction of sp³-hybridized carbons (Fsp3) is 0.179. The predicted molar refractivity (Wildman–Crippen MR) is 148 cm³/mol. The number of fused-ring (bicyclic) bond motifs is 1. The lowest BCUT2D eigenvalue weighted by atomic mass is 9.83. The summed E-state index contributed by atoms with van der Waals surface area (Å²) >= 11 is 12.0. The number of nitrogens with two attached hydrogens (primary N) is 1. The van der Waals surface area contributed by atoms with E-state index in [0.29, 0.717) is 22.2 Å². The van der Waals surface area contributed by atoms with Crippen LogP contribution in [-0.2, 0) is 27.5 Å². The van der Waals surface area contributed by atoms with Crippen molar-refractivity contribution >= 4 is 38.8 Å². The van der Waals surface area contributed by atoms with Crippen LogP contribution in [0.3, 0.4) is 0 Å². The van der Waals surface area contributed by atoms with Crippen LogP contribution in [0.1, 0.15) is 28.3 Å². The largest absolute Gasteiger partial charge is 0.320 e. The maximum atomic E-state index is 15.5. The van der Waals surface area contributed by atoms with E-state index in [2.05, 4.69) is 16.9 Å². The molecule has 39 heavy (non-hydrogen) atoms. The minimum Gasteiger partial charge on any atom is -0.320 e. The first-order valence-electron chi connectivity index (χ1n) is 12.0. The van der Waals surface area contributed by atoms with Gasteiger partial charge in [0.15, 0.2) is 15.6 Å². The zero-order valence-electron chi connectivity index (χ0n) is 20.5. The fourth-order valence-electron chi connectivity index (χ4n) is 4.67. The molecule has 0 amide bonds. The van der Waals surface area contributed by atoms with Crippen LogP contribution in [-0.4, -0.2) is 41.0 Å². The number of ketones is 1. The van der Waals surface area contributed by atoms with Gasteiger partial charge in [-0.1, -0.05) is 59.3 Å². The number of halogens is 3. The standard InChI is InChI=1S/C28H23Cl2FN4O3S/c1-16-22(11-18-4-8-20(30)9-5-18)23-12-26(24(31)13-27(23)39(37,38)15-25(32)28(16)36)35-14-21(33-34-35)10-17-2-6-19(29)7-3-17/h2-9,12-14,22,25H,1,10-11,15,32H2/t22?,25-/m0/s1. The Morgan fingerprint density at radius 2 is 1.64 bits per heavy atom. The molecule has 3 aromatic carbocycles. The molecule has 2 heterocycles. The first-order chi connectivity index (χ1) is 18.5. The topological polar surface area (TPSA) is 108 Å². The molecule has 0 radical (unpaired) electrons. The second-order valence-electron chi connectivity index (χ2n) is 9.46. The van der Waals surface area contributed by atoms with Crippen molar-refractivity contribution in [2.45, 2.75) is 29.7 Å². The second-order valence-corrected chi connectivity index (χ2v) is 12.3. The molecule has 1 aliphatic heterocycles. The first kappa shape index (κ1) is 27.2. The van der Waals surface area contributed by atoms with Crippen molar-refractivity contribution in [2.24, 2.45) is 5.73 Å². The molecule has 7 nitrogen and oxygen atoms in total. The van der Waals surface area contributed by atoms with Crippen molar-refractivity contribution in [3.63, 3.8) is 0 Å². The van der Waals surface area contributed by atoms with E-state index in [1.807, 2.05) is 12.1 Å². The van der Waals surface area contributed by atoms with E-state index < -0.39 is 39.2 Å². The molecule has 4 aromatic rings. The van der Waals surface area contributed by atoms with Gasteiger partial charge < -0.3 is 5.73 Å². The van der Waals surface area contributed by atoms with Gasteiger partial charge in [0.1, 0.15) is 11.5 Å². The summed E-state index contributed by atoms with van der Waals surface area (Å²) in [7, 11) is -4.10. The van der Waals surface area contributed by atoms with E-state index >= 15 is 4.39 Å². The van der Waals surface area contributed by atoms with E-state index in [1.165, 1.54) is 10.7 Å². The minimum atomic E-state index is -4.10. The Hall–Kier alpha value is -3.37. The van der Waals surface area contributed by atoms with E-state index in [1.54, 1.807) is 42.6 Å². The average Bonchev–Trinajstić information content (AvgIpc) is 3.36. The van der Waals surface area contributed by atoms with Crippen LogP contribution >= 0.6 is 23.2 Å². The highest BCUT2D eigenvalue weighted by Crippen LogP contribution is 2.38. The van der Waals surface area contributed by atoms with E-state index in [-0.39, 0.29) is 28.1 Å². The highest BCUT2D eigenvalue weighted by atomic mass is 35.5. The van der Waals surface area contributed by atoms with Crippen molar-refractivity contribution in [1.82, 2.24) is 15.0 Å². The summed E-state index contributed by atoms with van der Waals surface area (Å²) in [6, 6.07) is 15.2. The monoisotopic (exact) mass is 584 g/mol. The van der Waals surface area contributed by atoms with Gasteiger partial charge in [-0.25, -0.2) is 17.5 Å². The van der Waals surface area contributed by atoms with Crippen molar-refractivity contribution in [1.29, 1.82) is 0 Å². The van der Waals surface area contributed by atoms with E-state index in [9.17, 15) is 13.2 Å². The van der Waals surface area contributed by atoms with Crippen molar-refractivity contribution in [2.75, 3.05) is 5.75 Å². The highest BCUT2D eigenvalue weighted by Gasteiger charge is 2.37. The number of nitrogens with zero attached hydrogens (tertiary/aromatic N) is 3. The Balaban J connectivity index is 1.61. The maximum Gasteiger partial charge on any atom is 0.180 e. The van der Waals surface area contributed by atoms with Crippen LogP contribution in [0.2, 0.25) is 10.0 Å². The molecule has 2 atom stereocenters. The van der Waals surface area contributed by atoms with Gasteiger partial charge in [-0.05, 0) is 65.1 Å². The number of hydrogen-bond donors (Lipinski definition) is 1. The zero-order chi connectivity index (χ0) is 27.9. The van der Waals surface area contributed by atoms with Crippen LogP contribution in [0.25, 0.3) is 5.69 Å². The summed E-state index contributed by atoms with van der Waals surface area (Å²) in [6.07, 6.45) is 2.22. The molecule has 0 saturated carbocycles. The second kappa shape index (κ2) is 10.7. The maximum absolute atomic E-state index is 15.5. The molecule has 1 aromatic heterocycles.